The summed E-state index contributed by atoms with van der Waals surface area (Å²) in [5, 5.41) is 0.730. The Morgan fingerprint density at radius 1 is 1.29 bits per heavy atom. The first-order chi connectivity index (χ1) is 10.2. The summed E-state index contributed by atoms with van der Waals surface area (Å²) >= 11 is 6.02. The number of benzene rings is 1. The highest BCUT2D eigenvalue weighted by atomic mass is 35.5. The molecule has 1 aromatic heterocycles. The molecule has 0 unspecified atom stereocenters. The van der Waals surface area contributed by atoms with Crippen molar-refractivity contribution in [2.45, 2.75) is 32.2 Å². The predicted molar refractivity (Wildman–Crippen MR) is 87.7 cm³/mol. The summed E-state index contributed by atoms with van der Waals surface area (Å²) in [6, 6.07) is 12.7. The first-order valence-electron chi connectivity index (χ1n) is 7.60. The molecule has 0 amide bonds. The number of halogens is 1. The quantitative estimate of drug-likeness (QED) is 0.834. The van der Waals surface area contributed by atoms with E-state index in [1.54, 1.807) is 6.20 Å². The van der Waals surface area contributed by atoms with Gasteiger partial charge >= 0.3 is 0 Å². The molecule has 1 saturated heterocycles. The average molecular weight is 301 g/mol. The molecule has 2 nitrogen and oxygen atoms in total. The van der Waals surface area contributed by atoms with Gasteiger partial charge in [0.15, 0.2) is 0 Å². The van der Waals surface area contributed by atoms with Crippen LogP contribution in [0, 0.1) is 6.92 Å². The highest BCUT2D eigenvalue weighted by Crippen LogP contribution is 2.29. The van der Waals surface area contributed by atoms with Gasteiger partial charge in [-0.3, -0.25) is 9.88 Å². The standard InChI is InChI=1S/C18H21ClN2/c1-14-10-17(19)11-20-18(14)16-8-5-9-21(13-16)12-15-6-3-2-4-7-15/h2-4,6-7,10-11,16H,5,8-9,12-13H2,1H3/t16-/m1/s1. The Hall–Kier alpha value is -1.38. The Bertz CT molecular complexity index is 597. The van der Waals surface area contributed by atoms with Gasteiger partial charge in [0.25, 0.3) is 0 Å². The van der Waals surface area contributed by atoms with E-state index < -0.39 is 0 Å². The summed E-state index contributed by atoms with van der Waals surface area (Å²) in [5.74, 6) is 0.528. The second kappa shape index (κ2) is 6.59. The molecule has 0 aliphatic carbocycles. The molecule has 1 aliphatic rings. The molecule has 1 aliphatic heterocycles. The molecular formula is C18H21ClN2. The van der Waals surface area contributed by atoms with Crippen LogP contribution >= 0.6 is 11.6 Å². The Labute approximate surface area is 131 Å². The molecule has 1 aromatic carbocycles. The van der Waals surface area contributed by atoms with Crippen LogP contribution in [0.2, 0.25) is 5.02 Å². The molecule has 0 radical (unpaired) electrons. The minimum absolute atomic E-state index is 0.528. The highest BCUT2D eigenvalue weighted by molar-refractivity contribution is 6.30. The van der Waals surface area contributed by atoms with Crippen molar-refractivity contribution >= 4 is 11.6 Å². The Balaban J connectivity index is 1.71. The van der Waals surface area contributed by atoms with Gasteiger partial charge in [0.05, 0.1) is 5.02 Å². The minimum atomic E-state index is 0.528. The first-order valence-corrected chi connectivity index (χ1v) is 7.98. The van der Waals surface area contributed by atoms with E-state index in [1.807, 2.05) is 6.07 Å². The average Bonchev–Trinajstić information content (AvgIpc) is 2.48. The fourth-order valence-corrected chi connectivity index (χ4v) is 3.45. The lowest BCUT2D eigenvalue weighted by atomic mass is 9.91. The number of piperidine rings is 1. The molecule has 2 aromatic rings. The molecule has 110 valence electrons. The zero-order valence-electron chi connectivity index (χ0n) is 12.4. The zero-order chi connectivity index (χ0) is 14.7. The van der Waals surface area contributed by atoms with Gasteiger partial charge < -0.3 is 0 Å². The van der Waals surface area contributed by atoms with Crippen LogP contribution in [0.3, 0.4) is 0 Å². The van der Waals surface area contributed by atoms with Crippen LogP contribution in [-0.2, 0) is 6.54 Å². The molecule has 0 saturated carbocycles. The lowest BCUT2D eigenvalue weighted by molar-refractivity contribution is 0.198. The summed E-state index contributed by atoms with van der Waals surface area (Å²) in [6.45, 7) is 5.41. The van der Waals surface area contributed by atoms with Crippen molar-refractivity contribution in [2.24, 2.45) is 0 Å². The van der Waals surface area contributed by atoms with Crippen molar-refractivity contribution in [2.75, 3.05) is 13.1 Å². The topological polar surface area (TPSA) is 16.1 Å². The van der Waals surface area contributed by atoms with Crippen LogP contribution in [0.1, 0.15) is 35.6 Å². The van der Waals surface area contributed by atoms with Crippen LogP contribution in [-0.4, -0.2) is 23.0 Å². The second-order valence-corrected chi connectivity index (χ2v) is 6.35. The summed E-state index contributed by atoms with van der Waals surface area (Å²) in [4.78, 5) is 7.13. The third kappa shape index (κ3) is 3.63. The van der Waals surface area contributed by atoms with Crippen molar-refractivity contribution < 1.29 is 0 Å². The van der Waals surface area contributed by atoms with E-state index in [4.69, 9.17) is 11.6 Å². The maximum absolute atomic E-state index is 6.02. The molecule has 2 heterocycles. The van der Waals surface area contributed by atoms with Gasteiger partial charge in [-0.15, -0.1) is 0 Å². The molecule has 3 heteroatoms. The minimum Gasteiger partial charge on any atom is -0.298 e. The van der Waals surface area contributed by atoms with Crippen LogP contribution in [0.25, 0.3) is 0 Å². The smallest absolute Gasteiger partial charge is 0.0592 e. The van der Waals surface area contributed by atoms with Crippen molar-refractivity contribution in [3.8, 4) is 0 Å². The number of hydrogen-bond donors (Lipinski definition) is 0. The number of nitrogens with zero attached hydrogens (tertiary/aromatic N) is 2. The monoisotopic (exact) mass is 300 g/mol. The lowest BCUT2D eigenvalue weighted by Crippen LogP contribution is -2.34. The van der Waals surface area contributed by atoms with Gasteiger partial charge in [-0.05, 0) is 43.5 Å². The van der Waals surface area contributed by atoms with Crippen molar-refractivity contribution in [3.05, 3.63) is 64.4 Å². The normalized spacial score (nSPS) is 19.6. The van der Waals surface area contributed by atoms with E-state index in [9.17, 15) is 0 Å². The maximum atomic E-state index is 6.02. The van der Waals surface area contributed by atoms with Gasteiger partial charge in [0, 0.05) is 30.9 Å². The van der Waals surface area contributed by atoms with Crippen LogP contribution in [0.15, 0.2) is 42.6 Å². The summed E-state index contributed by atoms with van der Waals surface area (Å²) in [7, 11) is 0. The first kappa shape index (κ1) is 14.6. The predicted octanol–water partition coefficient (Wildman–Crippen LogP) is 4.42. The molecule has 1 atom stereocenters. The van der Waals surface area contributed by atoms with Crippen LogP contribution in [0.4, 0.5) is 0 Å². The number of hydrogen-bond acceptors (Lipinski definition) is 2. The molecule has 0 N–H and O–H groups in total. The van der Waals surface area contributed by atoms with E-state index in [-0.39, 0.29) is 0 Å². The number of rotatable bonds is 3. The van der Waals surface area contributed by atoms with Gasteiger partial charge in [0.2, 0.25) is 0 Å². The van der Waals surface area contributed by atoms with E-state index in [0.717, 1.165) is 18.1 Å². The SMILES string of the molecule is Cc1cc(Cl)cnc1[C@@H]1CCCN(Cc2ccccc2)C1. The van der Waals surface area contributed by atoms with Crippen molar-refractivity contribution in [3.63, 3.8) is 0 Å². The number of pyridine rings is 1. The summed E-state index contributed by atoms with van der Waals surface area (Å²) < 4.78 is 0. The summed E-state index contributed by atoms with van der Waals surface area (Å²) in [6.07, 6.45) is 4.24. The van der Waals surface area contributed by atoms with Gasteiger partial charge in [0.1, 0.15) is 0 Å². The molecule has 0 spiro atoms. The second-order valence-electron chi connectivity index (χ2n) is 5.92. The van der Waals surface area contributed by atoms with Crippen LogP contribution < -0.4 is 0 Å². The lowest BCUT2D eigenvalue weighted by Gasteiger charge is -2.33. The summed E-state index contributed by atoms with van der Waals surface area (Å²) in [5.41, 5.74) is 3.82. The molecule has 21 heavy (non-hydrogen) atoms. The Kier molecular flexibility index (Phi) is 4.57. The largest absolute Gasteiger partial charge is 0.298 e. The third-order valence-electron chi connectivity index (χ3n) is 4.23. The van der Waals surface area contributed by atoms with E-state index >= 15 is 0 Å². The van der Waals surface area contributed by atoms with E-state index in [0.29, 0.717) is 5.92 Å². The Morgan fingerprint density at radius 2 is 2.10 bits per heavy atom. The van der Waals surface area contributed by atoms with Gasteiger partial charge in [-0.2, -0.15) is 0 Å². The van der Waals surface area contributed by atoms with E-state index in [1.165, 1.54) is 36.2 Å². The van der Waals surface area contributed by atoms with Gasteiger partial charge in [-0.25, -0.2) is 0 Å². The fraction of sp³-hybridized carbons (Fsp3) is 0.389. The number of aryl methyl sites for hydroxylation is 1. The maximum Gasteiger partial charge on any atom is 0.0592 e. The zero-order valence-corrected chi connectivity index (χ0v) is 13.2. The highest BCUT2D eigenvalue weighted by Gasteiger charge is 2.23. The van der Waals surface area contributed by atoms with Crippen molar-refractivity contribution in [1.29, 1.82) is 0 Å². The van der Waals surface area contributed by atoms with Crippen molar-refractivity contribution in [1.82, 2.24) is 9.88 Å². The molecule has 1 fully saturated rings. The Morgan fingerprint density at radius 3 is 2.86 bits per heavy atom. The molecular weight excluding hydrogens is 280 g/mol. The number of likely N-dealkylation sites (tertiary alicyclic amines) is 1. The van der Waals surface area contributed by atoms with Crippen LogP contribution in [0.5, 0.6) is 0 Å². The van der Waals surface area contributed by atoms with E-state index in [2.05, 4.69) is 47.1 Å². The molecule has 0 bridgehead atoms. The fourth-order valence-electron chi connectivity index (χ4n) is 3.24. The third-order valence-corrected chi connectivity index (χ3v) is 4.43. The molecule has 3 rings (SSSR count). The van der Waals surface area contributed by atoms with Gasteiger partial charge in [-0.1, -0.05) is 41.9 Å². The number of aromatic nitrogens is 1.